The first-order chi connectivity index (χ1) is 17.9. The third kappa shape index (κ3) is 24.1. The van der Waals surface area contributed by atoms with E-state index in [-0.39, 0.29) is 12.7 Å². The van der Waals surface area contributed by atoms with E-state index in [1.165, 1.54) is 50.4 Å². The molecular formula is C33H49F3O2S. The normalized spacial score (nSPS) is 10.0. The molecule has 0 amide bonds. The molecule has 0 saturated carbocycles. The summed E-state index contributed by atoms with van der Waals surface area (Å²) in [6, 6.07) is 8.68. The average molecular weight is 567 g/mol. The van der Waals surface area contributed by atoms with E-state index in [0.29, 0.717) is 13.0 Å². The van der Waals surface area contributed by atoms with Gasteiger partial charge in [-0.1, -0.05) is 37.3 Å². The molecule has 0 aliphatic carbocycles. The maximum absolute atomic E-state index is 10.4. The highest BCUT2D eigenvalue weighted by molar-refractivity contribution is 7.13. The van der Waals surface area contributed by atoms with Gasteiger partial charge in [0.05, 0.1) is 5.76 Å². The predicted octanol–water partition coefficient (Wildman–Crippen LogP) is 11.9. The first-order valence-electron chi connectivity index (χ1n) is 13.0. The second-order valence-corrected chi connectivity index (χ2v) is 11.1. The Hall–Kier alpha value is -2.73. The van der Waals surface area contributed by atoms with Gasteiger partial charge in [0.15, 0.2) is 0 Å². The highest BCUT2D eigenvalue weighted by Crippen LogP contribution is 2.28. The Balaban J connectivity index is 0. The molecule has 1 N–H and O–H groups in total. The highest BCUT2D eigenvalue weighted by Gasteiger charge is 2.15. The van der Waals surface area contributed by atoms with Crippen molar-refractivity contribution in [3.63, 3.8) is 0 Å². The Kier molecular flexibility index (Phi) is 19.9. The van der Waals surface area contributed by atoms with E-state index in [9.17, 15) is 13.2 Å². The van der Waals surface area contributed by atoms with Crippen molar-refractivity contribution in [3.05, 3.63) is 93.9 Å². The second kappa shape index (κ2) is 20.2. The predicted molar refractivity (Wildman–Crippen MR) is 166 cm³/mol. The first-order valence-corrected chi connectivity index (χ1v) is 13.9. The second-order valence-electron chi connectivity index (χ2n) is 9.95. The number of alkyl halides is 3. The van der Waals surface area contributed by atoms with Crippen LogP contribution in [0.15, 0.2) is 67.5 Å². The number of hydrogen-bond acceptors (Lipinski definition) is 3. The summed E-state index contributed by atoms with van der Waals surface area (Å²) in [7, 11) is 0. The van der Waals surface area contributed by atoms with Gasteiger partial charge in [0.2, 0.25) is 0 Å². The van der Waals surface area contributed by atoms with Crippen LogP contribution in [-0.4, -0.2) is 11.3 Å². The molecule has 1 aromatic heterocycles. The van der Waals surface area contributed by atoms with Gasteiger partial charge in [0.25, 0.3) is 0 Å². The lowest BCUT2D eigenvalue weighted by Gasteiger charge is -2.10. The lowest BCUT2D eigenvalue weighted by Crippen LogP contribution is -1.97. The zero-order chi connectivity index (χ0) is 30.8. The Morgan fingerprint density at radius 1 is 0.949 bits per heavy atom. The highest BCUT2D eigenvalue weighted by atomic mass is 32.1. The number of unbranched alkanes of at least 4 members (excludes halogenated alkanes) is 1. The number of aryl methyl sites for hydroxylation is 3. The monoisotopic (exact) mass is 566 g/mol. The molecule has 0 spiro atoms. The molecule has 0 bridgehead atoms. The van der Waals surface area contributed by atoms with Crippen molar-refractivity contribution >= 4 is 16.9 Å². The Morgan fingerprint density at radius 3 is 1.85 bits per heavy atom. The van der Waals surface area contributed by atoms with Crippen LogP contribution in [0.5, 0.6) is 5.75 Å². The number of thiophene rings is 1. The van der Waals surface area contributed by atoms with Crippen molar-refractivity contribution in [1.82, 2.24) is 0 Å². The van der Waals surface area contributed by atoms with Crippen LogP contribution in [0.2, 0.25) is 0 Å². The van der Waals surface area contributed by atoms with Crippen LogP contribution in [0.4, 0.5) is 13.2 Å². The van der Waals surface area contributed by atoms with Gasteiger partial charge in [-0.2, -0.15) is 13.2 Å². The van der Waals surface area contributed by atoms with E-state index in [1.807, 2.05) is 27.7 Å². The molecular weight excluding hydrogens is 517 g/mol. The van der Waals surface area contributed by atoms with Gasteiger partial charge in [0.1, 0.15) is 12.4 Å². The third-order valence-electron chi connectivity index (χ3n) is 4.83. The average Bonchev–Trinajstić information content (AvgIpc) is 3.16. The molecule has 0 atom stereocenters. The van der Waals surface area contributed by atoms with Gasteiger partial charge >= 0.3 is 6.18 Å². The van der Waals surface area contributed by atoms with E-state index in [0.717, 1.165) is 24.2 Å². The SMILES string of the molecule is C=C(C)C.C=C(C)CCCCc1ccc(OCc2sc(C(=C)C)cc2C)cc1C.C=C(O)CC.CC(F)(F)F. The molecule has 6 heteroatoms. The minimum absolute atomic E-state index is 0.188. The molecule has 0 saturated heterocycles. The van der Waals surface area contributed by atoms with Crippen LogP contribution >= 0.6 is 11.3 Å². The summed E-state index contributed by atoms with van der Waals surface area (Å²) in [5.74, 6) is 1.21. The van der Waals surface area contributed by atoms with E-state index < -0.39 is 6.18 Å². The lowest BCUT2D eigenvalue weighted by molar-refractivity contribution is -0.110. The lowest BCUT2D eigenvalue weighted by atomic mass is 10.0. The zero-order valence-corrected chi connectivity index (χ0v) is 26.1. The minimum Gasteiger partial charge on any atom is -0.513 e. The molecule has 39 heavy (non-hydrogen) atoms. The molecule has 0 aliphatic rings. The quantitative estimate of drug-likeness (QED) is 0.176. The number of rotatable bonds is 10. The van der Waals surface area contributed by atoms with Crippen LogP contribution in [-0.2, 0) is 13.0 Å². The maximum Gasteiger partial charge on any atom is 0.386 e. The molecule has 0 unspecified atom stereocenters. The summed E-state index contributed by atoms with van der Waals surface area (Å²) < 4.78 is 37.1. The number of aliphatic hydroxyl groups is 1. The summed E-state index contributed by atoms with van der Waals surface area (Å²) >= 11 is 1.78. The number of allylic oxidation sites excluding steroid dienone is 4. The van der Waals surface area contributed by atoms with Crippen molar-refractivity contribution < 1.29 is 23.0 Å². The van der Waals surface area contributed by atoms with Crippen molar-refractivity contribution in [2.24, 2.45) is 0 Å². The van der Waals surface area contributed by atoms with Crippen molar-refractivity contribution in [2.75, 3.05) is 0 Å². The van der Waals surface area contributed by atoms with Crippen molar-refractivity contribution in [2.45, 2.75) is 100 Å². The van der Waals surface area contributed by atoms with Crippen molar-refractivity contribution in [1.29, 1.82) is 0 Å². The summed E-state index contributed by atoms with van der Waals surface area (Å²) in [6.45, 7) is 29.9. The van der Waals surface area contributed by atoms with Crippen LogP contribution in [0.1, 0.15) is 93.7 Å². The van der Waals surface area contributed by atoms with Gasteiger partial charge in [-0.25, -0.2) is 0 Å². The topological polar surface area (TPSA) is 29.5 Å². The van der Waals surface area contributed by atoms with Gasteiger partial charge in [0, 0.05) is 23.1 Å². The molecule has 0 radical (unpaired) electrons. The maximum atomic E-state index is 10.4. The summed E-state index contributed by atoms with van der Waals surface area (Å²) in [4.78, 5) is 2.52. The zero-order valence-electron chi connectivity index (χ0n) is 25.3. The summed E-state index contributed by atoms with van der Waals surface area (Å²) in [5, 5.41) is 8.17. The molecule has 2 rings (SSSR count). The Morgan fingerprint density at radius 2 is 1.46 bits per heavy atom. The number of ether oxygens (including phenoxy) is 1. The fraction of sp³-hybridized carbons (Fsp3) is 0.455. The van der Waals surface area contributed by atoms with Crippen LogP contribution in [0.25, 0.3) is 5.57 Å². The summed E-state index contributed by atoms with van der Waals surface area (Å²) in [6.07, 6.45) is 1.36. The largest absolute Gasteiger partial charge is 0.513 e. The Bertz CT molecular complexity index is 1040. The molecule has 2 aromatic rings. The van der Waals surface area contributed by atoms with Crippen molar-refractivity contribution in [3.8, 4) is 5.75 Å². The van der Waals surface area contributed by atoms with E-state index in [1.54, 1.807) is 11.3 Å². The van der Waals surface area contributed by atoms with Gasteiger partial charge in [-0.15, -0.1) is 24.5 Å². The summed E-state index contributed by atoms with van der Waals surface area (Å²) in [5.41, 5.74) is 7.59. The first kappa shape index (κ1) is 38.4. The fourth-order valence-corrected chi connectivity index (χ4v) is 3.82. The molecule has 1 aromatic carbocycles. The number of benzene rings is 1. The van der Waals surface area contributed by atoms with Gasteiger partial charge in [-0.05, 0) is 108 Å². The number of aliphatic hydroxyl groups excluding tert-OH is 1. The molecule has 2 nitrogen and oxygen atoms in total. The third-order valence-corrected chi connectivity index (χ3v) is 6.21. The molecule has 1 heterocycles. The van der Waals surface area contributed by atoms with Gasteiger partial charge in [-0.3, -0.25) is 0 Å². The van der Waals surface area contributed by atoms with Crippen LogP contribution < -0.4 is 4.74 Å². The van der Waals surface area contributed by atoms with Crippen LogP contribution in [0, 0.1) is 13.8 Å². The van der Waals surface area contributed by atoms with E-state index in [2.05, 4.69) is 71.4 Å². The fourth-order valence-electron chi connectivity index (χ4n) is 2.80. The van der Waals surface area contributed by atoms with Gasteiger partial charge < -0.3 is 9.84 Å². The molecule has 0 aliphatic heterocycles. The smallest absolute Gasteiger partial charge is 0.386 e. The van der Waals surface area contributed by atoms with E-state index in [4.69, 9.17) is 9.84 Å². The van der Waals surface area contributed by atoms with Crippen LogP contribution in [0.3, 0.4) is 0 Å². The van der Waals surface area contributed by atoms with E-state index >= 15 is 0 Å². The Labute approximate surface area is 239 Å². The minimum atomic E-state index is -4.00. The number of halogens is 3. The molecule has 220 valence electrons. The standard InChI is InChI=1S/C23H30OS.C4H8O.C4H8.C2H3F3/c1-16(2)9-7-8-10-20-11-12-21(13-18(20)5)24-15-23-19(6)14-22(25-23)17(3)4;1-3-4(2)5;1-4(2)3;1-2(3,4)5/h11-14H,1,3,7-10,15H2,2,4-6H3;5H,2-3H2,1H3;1H2,2-3H3;1H3. The molecule has 0 fully saturated rings. The number of hydrogen-bond donors (Lipinski definition) is 1.